The topological polar surface area (TPSA) is 65.3 Å². The zero-order valence-electron chi connectivity index (χ0n) is 9.31. The second kappa shape index (κ2) is 4.22. The monoisotopic (exact) mass is 229 g/mol. The van der Waals surface area contributed by atoms with Gasteiger partial charge in [-0.1, -0.05) is 11.8 Å². The Morgan fingerprint density at radius 3 is 2.60 bits per heavy atom. The van der Waals surface area contributed by atoms with E-state index in [0.717, 1.165) is 5.71 Å². The fraction of sp³-hybridized carbons (Fsp3) is 0.667. The summed E-state index contributed by atoms with van der Waals surface area (Å²) in [4.78, 5) is 12.7. The van der Waals surface area contributed by atoms with Gasteiger partial charge in [0.05, 0.1) is 0 Å². The van der Waals surface area contributed by atoms with Gasteiger partial charge in [0.25, 0.3) is 0 Å². The van der Waals surface area contributed by atoms with Crippen LogP contribution in [0.2, 0.25) is 0 Å². The third-order valence-electron chi connectivity index (χ3n) is 2.31. The maximum absolute atomic E-state index is 11.1. The maximum Gasteiger partial charge on any atom is 0.330 e. The molecule has 84 valence electrons. The first-order valence-electron chi connectivity index (χ1n) is 4.57. The smallest absolute Gasteiger partial charge is 0.330 e. The fourth-order valence-corrected chi connectivity index (χ4v) is 2.27. The van der Waals surface area contributed by atoms with Crippen molar-refractivity contribution in [3.05, 3.63) is 0 Å². The summed E-state index contributed by atoms with van der Waals surface area (Å²) in [6, 6.07) is 0. The molecule has 1 N–H and O–H groups in total. The number of carboxylic acid groups (broad SMARTS) is 1. The first kappa shape index (κ1) is 12.0. The van der Waals surface area contributed by atoms with Gasteiger partial charge in [-0.15, -0.1) is 5.10 Å². The van der Waals surface area contributed by atoms with E-state index in [1.165, 1.54) is 11.8 Å². The number of amidine groups is 1. The molecule has 1 heterocycles. The van der Waals surface area contributed by atoms with Crippen molar-refractivity contribution in [2.45, 2.75) is 26.3 Å². The zero-order valence-corrected chi connectivity index (χ0v) is 10.1. The van der Waals surface area contributed by atoms with Crippen molar-refractivity contribution in [3.8, 4) is 0 Å². The molecule has 1 saturated heterocycles. The van der Waals surface area contributed by atoms with E-state index in [1.54, 1.807) is 18.9 Å². The summed E-state index contributed by atoms with van der Waals surface area (Å²) < 4.78 is 0. The molecule has 1 unspecified atom stereocenters. The SMILES string of the molecule is CC(C)=NN=C1SCC(C)(C(=O)O)N1C. The molecule has 0 saturated carbocycles. The van der Waals surface area contributed by atoms with E-state index >= 15 is 0 Å². The Bertz CT molecular complexity index is 336. The highest BCUT2D eigenvalue weighted by Crippen LogP contribution is 2.31. The number of carboxylic acids is 1. The molecule has 5 nitrogen and oxygen atoms in total. The average Bonchev–Trinajstić information content (AvgIpc) is 2.42. The van der Waals surface area contributed by atoms with Crippen molar-refractivity contribution in [2.75, 3.05) is 12.8 Å². The zero-order chi connectivity index (χ0) is 11.6. The number of hydrogen-bond donors (Lipinski definition) is 1. The molecule has 1 aliphatic heterocycles. The molecule has 0 spiro atoms. The average molecular weight is 229 g/mol. The lowest BCUT2D eigenvalue weighted by Gasteiger charge is -2.27. The predicted octanol–water partition coefficient (Wildman–Crippen LogP) is 1.26. The molecule has 0 aromatic heterocycles. The minimum absolute atomic E-state index is 0.496. The van der Waals surface area contributed by atoms with E-state index in [0.29, 0.717) is 10.9 Å². The summed E-state index contributed by atoms with van der Waals surface area (Å²) in [5.74, 6) is -0.337. The minimum atomic E-state index is -0.874. The molecule has 1 fully saturated rings. The molecule has 0 aromatic rings. The Hall–Kier alpha value is -1.04. The molecule has 6 heteroatoms. The lowest BCUT2D eigenvalue weighted by molar-refractivity contribution is -0.145. The van der Waals surface area contributed by atoms with E-state index in [-0.39, 0.29) is 0 Å². The van der Waals surface area contributed by atoms with Gasteiger partial charge < -0.3 is 10.0 Å². The molecule has 0 aromatic carbocycles. The van der Waals surface area contributed by atoms with Crippen LogP contribution in [0, 0.1) is 0 Å². The molecule has 0 radical (unpaired) electrons. The van der Waals surface area contributed by atoms with E-state index < -0.39 is 11.5 Å². The second-order valence-electron chi connectivity index (χ2n) is 3.86. The molecule has 1 aliphatic rings. The van der Waals surface area contributed by atoms with Crippen LogP contribution < -0.4 is 0 Å². The van der Waals surface area contributed by atoms with Crippen LogP contribution in [0.4, 0.5) is 0 Å². The van der Waals surface area contributed by atoms with Gasteiger partial charge in [-0.3, -0.25) is 0 Å². The maximum atomic E-state index is 11.1. The summed E-state index contributed by atoms with van der Waals surface area (Å²) in [7, 11) is 1.73. The Morgan fingerprint density at radius 1 is 1.60 bits per heavy atom. The highest BCUT2D eigenvalue weighted by atomic mass is 32.2. The largest absolute Gasteiger partial charge is 0.479 e. The predicted molar refractivity (Wildman–Crippen MR) is 62.5 cm³/mol. The van der Waals surface area contributed by atoms with Crippen LogP contribution in [0.1, 0.15) is 20.8 Å². The molecule has 0 bridgehead atoms. The Labute approximate surface area is 93.3 Å². The van der Waals surface area contributed by atoms with Crippen molar-refractivity contribution in [1.29, 1.82) is 0 Å². The normalized spacial score (nSPS) is 28.3. The first-order chi connectivity index (χ1) is 6.88. The lowest BCUT2D eigenvalue weighted by atomic mass is 10.1. The Balaban J connectivity index is 2.90. The standard InChI is InChI=1S/C9H15N3O2S/c1-6(2)10-11-8-12(4)9(3,5-15-8)7(13)14/h5H2,1-4H3,(H,13,14). The third kappa shape index (κ3) is 2.31. The van der Waals surface area contributed by atoms with Gasteiger partial charge in [-0.05, 0) is 20.8 Å². The van der Waals surface area contributed by atoms with E-state index in [1.807, 2.05) is 13.8 Å². The van der Waals surface area contributed by atoms with Crippen molar-refractivity contribution in [3.63, 3.8) is 0 Å². The number of likely N-dealkylation sites (N-methyl/N-ethyl adjacent to an activating group) is 1. The highest BCUT2D eigenvalue weighted by Gasteiger charge is 2.45. The number of rotatable bonds is 2. The van der Waals surface area contributed by atoms with Gasteiger partial charge in [0.2, 0.25) is 0 Å². The summed E-state index contributed by atoms with van der Waals surface area (Å²) in [6.45, 7) is 5.38. The van der Waals surface area contributed by atoms with Crippen LogP contribution in [0.5, 0.6) is 0 Å². The van der Waals surface area contributed by atoms with E-state index in [2.05, 4.69) is 10.2 Å². The molecule has 0 amide bonds. The van der Waals surface area contributed by atoms with Crippen molar-refractivity contribution in [1.82, 2.24) is 4.90 Å². The van der Waals surface area contributed by atoms with Gasteiger partial charge in [0.1, 0.15) is 5.54 Å². The van der Waals surface area contributed by atoms with E-state index in [4.69, 9.17) is 5.11 Å². The molecule has 15 heavy (non-hydrogen) atoms. The van der Waals surface area contributed by atoms with Crippen molar-refractivity contribution in [2.24, 2.45) is 10.2 Å². The quantitative estimate of drug-likeness (QED) is 0.572. The van der Waals surface area contributed by atoms with Crippen LogP contribution in [0.3, 0.4) is 0 Å². The van der Waals surface area contributed by atoms with Gasteiger partial charge in [0, 0.05) is 18.5 Å². The minimum Gasteiger partial charge on any atom is -0.479 e. The molecule has 1 rings (SSSR count). The van der Waals surface area contributed by atoms with Crippen LogP contribution in [-0.4, -0.2) is 45.2 Å². The van der Waals surface area contributed by atoms with Gasteiger partial charge in [0.15, 0.2) is 5.17 Å². The van der Waals surface area contributed by atoms with Crippen LogP contribution in [-0.2, 0) is 4.79 Å². The van der Waals surface area contributed by atoms with Crippen LogP contribution >= 0.6 is 11.8 Å². The second-order valence-corrected chi connectivity index (χ2v) is 4.80. The summed E-state index contributed by atoms with van der Waals surface area (Å²) in [6.07, 6.45) is 0. The number of nitrogens with zero attached hydrogens (tertiary/aromatic N) is 3. The molecular weight excluding hydrogens is 214 g/mol. The summed E-state index contributed by atoms with van der Waals surface area (Å²) >= 11 is 1.42. The molecule has 1 atom stereocenters. The van der Waals surface area contributed by atoms with Crippen LogP contribution in [0.25, 0.3) is 0 Å². The first-order valence-corrected chi connectivity index (χ1v) is 5.55. The lowest BCUT2D eigenvalue weighted by Crippen LogP contribution is -2.49. The number of hydrogen-bond acceptors (Lipinski definition) is 4. The van der Waals surface area contributed by atoms with Crippen molar-refractivity contribution >= 4 is 28.6 Å². The Morgan fingerprint density at radius 2 is 2.20 bits per heavy atom. The van der Waals surface area contributed by atoms with Gasteiger partial charge >= 0.3 is 5.97 Å². The van der Waals surface area contributed by atoms with Gasteiger partial charge in [-0.2, -0.15) is 5.10 Å². The summed E-state index contributed by atoms with van der Waals surface area (Å²) in [5, 5.41) is 17.7. The third-order valence-corrected chi connectivity index (χ3v) is 3.63. The summed E-state index contributed by atoms with van der Waals surface area (Å²) in [5.41, 5.74) is -0.0267. The van der Waals surface area contributed by atoms with Crippen molar-refractivity contribution < 1.29 is 9.90 Å². The van der Waals surface area contributed by atoms with Gasteiger partial charge in [-0.25, -0.2) is 4.79 Å². The molecular formula is C9H15N3O2S. The number of aliphatic carboxylic acids is 1. The Kier molecular flexibility index (Phi) is 3.38. The fourth-order valence-electron chi connectivity index (χ4n) is 1.05. The van der Waals surface area contributed by atoms with Crippen LogP contribution in [0.15, 0.2) is 10.2 Å². The number of thioether (sulfide) groups is 1. The van der Waals surface area contributed by atoms with E-state index in [9.17, 15) is 4.79 Å². The molecule has 0 aliphatic carbocycles. The number of carbonyl (C=O) groups is 1. The highest BCUT2D eigenvalue weighted by molar-refractivity contribution is 8.14.